The van der Waals surface area contributed by atoms with E-state index in [0.29, 0.717) is 11.3 Å². The minimum Gasteiger partial charge on any atom is -0.381 e. The molecule has 0 saturated heterocycles. The zero-order valence-electron chi connectivity index (χ0n) is 13.7. The fraction of sp³-hybridized carbons (Fsp3) is 1.00. The Morgan fingerprint density at radius 1 is 1.06 bits per heavy atom. The number of rotatable bonds is 9. The van der Waals surface area contributed by atoms with Crippen molar-refractivity contribution >= 4 is 0 Å². The van der Waals surface area contributed by atoms with E-state index in [4.69, 9.17) is 4.74 Å². The summed E-state index contributed by atoms with van der Waals surface area (Å²) in [7, 11) is 0. The van der Waals surface area contributed by atoms with Crippen LogP contribution in [-0.2, 0) is 4.74 Å². The topological polar surface area (TPSA) is 21.3 Å². The third kappa shape index (κ3) is 8.10. The lowest BCUT2D eigenvalue weighted by atomic mass is 9.76. The molecular formula is C16H35NO. The van der Waals surface area contributed by atoms with Gasteiger partial charge < -0.3 is 10.1 Å². The molecule has 110 valence electrons. The first-order chi connectivity index (χ1) is 8.21. The van der Waals surface area contributed by atoms with Crippen LogP contribution in [0, 0.1) is 11.3 Å². The van der Waals surface area contributed by atoms with Crippen molar-refractivity contribution in [2.75, 3.05) is 19.8 Å². The Kier molecular flexibility index (Phi) is 8.13. The van der Waals surface area contributed by atoms with E-state index < -0.39 is 0 Å². The van der Waals surface area contributed by atoms with E-state index >= 15 is 0 Å². The van der Waals surface area contributed by atoms with E-state index in [1.54, 1.807) is 0 Å². The Balaban J connectivity index is 4.10. The molecule has 0 radical (unpaired) electrons. The molecular weight excluding hydrogens is 222 g/mol. The predicted molar refractivity (Wildman–Crippen MR) is 81.0 cm³/mol. The van der Waals surface area contributed by atoms with Crippen LogP contribution >= 0.6 is 0 Å². The van der Waals surface area contributed by atoms with E-state index in [0.717, 1.165) is 26.2 Å². The molecule has 0 heterocycles. The molecule has 0 aliphatic heterocycles. The van der Waals surface area contributed by atoms with Gasteiger partial charge >= 0.3 is 0 Å². The summed E-state index contributed by atoms with van der Waals surface area (Å²) >= 11 is 0. The second-order valence-corrected chi connectivity index (χ2v) is 7.13. The van der Waals surface area contributed by atoms with Crippen molar-refractivity contribution in [1.29, 1.82) is 0 Å². The van der Waals surface area contributed by atoms with Crippen LogP contribution in [0.25, 0.3) is 0 Å². The normalized spacial score (nSPS) is 16.0. The molecule has 2 heteroatoms. The van der Waals surface area contributed by atoms with E-state index in [2.05, 4.69) is 53.8 Å². The highest BCUT2D eigenvalue weighted by Crippen LogP contribution is 2.30. The van der Waals surface area contributed by atoms with Crippen molar-refractivity contribution < 1.29 is 4.74 Å². The van der Waals surface area contributed by atoms with Gasteiger partial charge in [-0.2, -0.15) is 0 Å². The molecule has 1 unspecified atom stereocenters. The molecule has 18 heavy (non-hydrogen) atoms. The highest BCUT2D eigenvalue weighted by molar-refractivity contribution is 4.83. The zero-order valence-corrected chi connectivity index (χ0v) is 13.7. The van der Waals surface area contributed by atoms with Crippen molar-refractivity contribution in [3.05, 3.63) is 0 Å². The first-order valence-corrected chi connectivity index (χ1v) is 7.54. The van der Waals surface area contributed by atoms with Gasteiger partial charge in [-0.05, 0) is 44.9 Å². The maximum Gasteiger partial charge on any atom is 0.0471 e. The fourth-order valence-corrected chi connectivity index (χ4v) is 1.70. The van der Waals surface area contributed by atoms with Gasteiger partial charge in [-0.15, -0.1) is 0 Å². The maximum atomic E-state index is 5.72. The van der Waals surface area contributed by atoms with Gasteiger partial charge in [0.25, 0.3) is 0 Å². The average molecular weight is 257 g/mol. The first-order valence-electron chi connectivity index (χ1n) is 7.54. The molecule has 0 aromatic rings. The third-order valence-electron chi connectivity index (χ3n) is 3.88. The van der Waals surface area contributed by atoms with Crippen LogP contribution < -0.4 is 5.32 Å². The third-order valence-corrected chi connectivity index (χ3v) is 3.88. The lowest BCUT2D eigenvalue weighted by Gasteiger charge is -2.37. The molecule has 1 atom stereocenters. The van der Waals surface area contributed by atoms with Gasteiger partial charge in [0.2, 0.25) is 0 Å². The van der Waals surface area contributed by atoms with Gasteiger partial charge in [-0.25, -0.2) is 0 Å². The smallest absolute Gasteiger partial charge is 0.0471 e. The van der Waals surface area contributed by atoms with Crippen molar-refractivity contribution in [2.24, 2.45) is 11.3 Å². The molecule has 2 nitrogen and oxygen atoms in total. The molecule has 0 fully saturated rings. The summed E-state index contributed by atoms with van der Waals surface area (Å²) in [5.74, 6) is 0.669. The summed E-state index contributed by atoms with van der Waals surface area (Å²) in [6, 6.07) is 0. The van der Waals surface area contributed by atoms with Crippen molar-refractivity contribution in [3.63, 3.8) is 0 Å². The van der Waals surface area contributed by atoms with Crippen LogP contribution in [0.15, 0.2) is 0 Å². The Bertz CT molecular complexity index is 208. The van der Waals surface area contributed by atoms with Gasteiger partial charge in [0.05, 0.1) is 0 Å². The molecule has 0 amide bonds. The van der Waals surface area contributed by atoms with Crippen LogP contribution in [0.2, 0.25) is 0 Å². The van der Waals surface area contributed by atoms with E-state index in [1.165, 1.54) is 12.8 Å². The second kappa shape index (κ2) is 8.16. The number of ether oxygens (including phenoxy) is 1. The lowest BCUT2D eigenvalue weighted by Crippen LogP contribution is -2.45. The SMILES string of the molecule is CCCCOCCC(C)(CNC(C)(C)C)C(C)C. The van der Waals surface area contributed by atoms with Crippen LogP contribution in [-0.4, -0.2) is 25.3 Å². The van der Waals surface area contributed by atoms with Crippen LogP contribution in [0.3, 0.4) is 0 Å². The summed E-state index contributed by atoms with van der Waals surface area (Å²) in [5, 5.41) is 3.64. The fourth-order valence-electron chi connectivity index (χ4n) is 1.70. The molecule has 0 saturated carbocycles. The molecule has 0 aromatic carbocycles. The van der Waals surface area contributed by atoms with Crippen LogP contribution in [0.1, 0.15) is 67.7 Å². The number of hydrogen-bond donors (Lipinski definition) is 1. The van der Waals surface area contributed by atoms with Crippen molar-refractivity contribution in [3.8, 4) is 0 Å². The predicted octanol–water partition coefficient (Wildman–Crippen LogP) is 4.24. The Labute approximate surface area is 115 Å². The largest absolute Gasteiger partial charge is 0.381 e. The first kappa shape index (κ1) is 17.9. The Hall–Kier alpha value is -0.0800. The van der Waals surface area contributed by atoms with Gasteiger partial charge in [0.15, 0.2) is 0 Å². The summed E-state index contributed by atoms with van der Waals surface area (Å²) in [4.78, 5) is 0. The standard InChI is InChI=1S/C16H35NO/c1-8-9-11-18-12-10-16(7,14(2)3)13-17-15(4,5)6/h14,17H,8-13H2,1-7H3. The summed E-state index contributed by atoms with van der Waals surface area (Å²) in [6.45, 7) is 18.8. The molecule has 0 bridgehead atoms. The lowest BCUT2D eigenvalue weighted by molar-refractivity contribution is 0.0740. The van der Waals surface area contributed by atoms with E-state index in [-0.39, 0.29) is 5.54 Å². The minimum atomic E-state index is 0.194. The number of hydrogen-bond acceptors (Lipinski definition) is 2. The maximum absolute atomic E-state index is 5.72. The van der Waals surface area contributed by atoms with Gasteiger partial charge in [-0.3, -0.25) is 0 Å². The highest BCUT2D eigenvalue weighted by atomic mass is 16.5. The van der Waals surface area contributed by atoms with Crippen molar-refractivity contribution in [2.45, 2.75) is 73.3 Å². The summed E-state index contributed by atoms with van der Waals surface area (Å²) in [6.07, 6.45) is 3.53. The van der Waals surface area contributed by atoms with E-state index in [9.17, 15) is 0 Å². The number of nitrogens with one attached hydrogen (secondary N) is 1. The molecule has 0 spiro atoms. The summed E-state index contributed by atoms with van der Waals surface area (Å²) < 4.78 is 5.72. The van der Waals surface area contributed by atoms with Gasteiger partial charge in [0, 0.05) is 25.3 Å². The Morgan fingerprint density at radius 3 is 2.11 bits per heavy atom. The minimum absolute atomic E-state index is 0.194. The monoisotopic (exact) mass is 257 g/mol. The molecule has 0 aliphatic carbocycles. The Morgan fingerprint density at radius 2 is 1.67 bits per heavy atom. The van der Waals surface area contributed by atoms with Crippen molar-refractivity contribution in [1.82, 2.24) is 5.32 Å². The average Bonchev–Trinajstić information content (AvgIpc) is 2.25. The van der Waals surface area contributed by atoms with Crippen LogP contribution in [0.5, 0.6) is 0 Å². The zero-order chi connectivity index (χ0) is 14.2. The molecule has 0 rings (SSSR count). The van der Waals surface area contributed by atoms with Crippen LogP contribution in [0.4, 0.5) is 0 Å². The second-order valence-electron chi connectivity index (χ2n) is 7.13. The summed E-state index contributed by atoms with van der Waals surface area (Å²) in [5.41, 5.74) is 0.513. The molecule has 0 aromatic heterocycles. The number of unbranched alkanes of at least 4 members (excludes halogenated alkanes) is 1. The molecule has 0 aliphatic rings. The molecule has 1 N–H and O–H groups in total. The highest BCUT2D eigenvalue weighted by Gasteiger charge is 2.29. The van der Waals surface area contributed by atoms with Gasteiger partial charge in [-0.1, -0.05) is 34.1 Å². The van der Waals surface area contributed by atoms with Gasteiger partial charge in [0.1, 0.15) is 0 Å². The van der Waals surface area contributed by atoms with E-state index in [1.807, 2.05) is 0 Å². The quantitative estimate of drug-likeness (QED) is 0.624.